The van der Waals surface area contributed by atoms with Gasteiger partial charge in [-0.15, -0.1) is 0 Å². The van der Waals surface area contributed by atoms with Crippen LogP contribution in [0.4, 0.5) is 26.3 Å². The van der Waals surface area contributed by atoms with Gasteiger partial charge in [0.15, 0.2) is 0 Å². The fraction of sp³-hybridized carbons (Fsp3) is 0.234. The molecule has 0 bridgehead atoms. The lowest BCUT2D eigenvalue weighted by Gasteiger charge is -2.19. The van der Waals surface area contributed by atoms with E-state index in [2.05, 4.69) is 20.6 Å². The van der Waals surface area contributed by atoms with Crippen molar-refractivity contribution in [3.8, 4) is 23.5 Å². The van der Waals surface area contributed by atoms with Gasteiger partial charge in [-0.2, -0.15) is 36.9 Å². The molecular weight excluding hydrogens is 965 g/mol. The molecule has 0 aliphatic carbocycles. The van der Waals surface area contributed by atoms with Crippen LogP contribution in [0.5, 0.6) is 0 Å². The first-order valence-corrected chi connectivity index (χ1v) is 23.1. The third-order valence-corrected chi connectivity index (χ3v) is 13.5. The van der Waals surface area contributed by atoms with Crippen molar-refractivity contribution in [3.05, 3.63) is 163 Å². The predicted octanol–water partition coefficient (Wildman–Crippen LogP) is 6.38. The molecule has 0 saturated heterocycles. The quantitative estimate of drug-likeness (QED) is 0.0802. The molecule has 2 unspecified atom stereocenters. The summed E-state index contributed by atoms with van der Waals surface area (Å²) in [6, 6.07) is 19.0. The van der Waals surface area contributed by atoms with E-state index in [1.54, 1.807) is 7.05 Å². The first-order valence-electron chi connectivity index (χ1n) is 20.8. The largest absolute Gasteiger partial charge is 0.416 e. The Kier molecular flexibility index (Phi) is 16.1. The van der Waals surface area contributed by atoms with Gasteiger partial charge >= 0.3 is 12.4 Å². The molecule has 4 aromatic heterocycles. The van der Waals surface area contributed by atoms with Gasteiger partial charge in [-0.1, -0.05) is 12.1 Å². The van der Waals surface area contributed by atoms with E-state index in [-0.39, 0.29) is 66.8 Å². The van der Waals surface area contributed by atoms with Gasteiger partial charge in [-0.05, 0) is 120 Å². The molecule has 2 aromatic carbocycles. The number of pyridine rings is 4. The van der Waals surface area contributed by atoms with Gasteiger partial charge in [0.25, 0.3) is 22.9 Å². The summed E-state index contributed by atoms with van der Waals surface area (Å²) in [7, 11) is -2.58. The first kappa shape index (κ1) is 51.8. The number of alkyl halides is 6. The van der Waals surface area contributed by atoms with E-state index in [4.69, 9.17) is 10.5 Å². The van der Waals surface area contributed by atoms with Gasteiger partial charge in [0.1, 0.15) is 54.9 Å². The smallest absolute Gasteiger partial charge is 0.352 e. The third kappa shape index (κ3) is 11.8. The van der Waals surface area contributed by atoms with E-state index >= 15 is 0 Å². The minimum Gasteiger partial charge on any atom is -0.352 e. The number of amides is 2. The summed E-state index contributed by atoms with van der Waals surface area (Å²) in [5.74, 6) is -1.80. The summed E-state index contributed by atoms with van der Waals surface area (Å²) >= 11 is 0. The first-order chi connectivity index (χ1) is 33.1. The highest BCUT2D eigenvalue weighted by Gasteiger charge is 2.33. The van der Waals surface area contributed by atoms with Crippen molar-refractivity contribution >= 4 is 33.4 Å². The minimum atomic E-state index is -4.77. The molecule has 4 heterocycles. The Morgan fingerprint density at radius 2 is 1.03 bits per heavy atom. The number of carbonyl (C=O) groups is 2. The van der Waals surface area contributed by atoms with Gasteiger partial charge in [-0.25, -0.2) is 18.4 Å². The highest BCUT2D eigenvalue weighted by atomic mass is 32.2. The minimum absolute atomic E-state index is 0.0135. The maximum absolute atomic E-state index is 13.9. The molecule has 2 N–H and O–H groups in total. The Morgan fingerprint density at radius 1 is 0.643 bits per heavy atom. The van der Waals surface area contributed by atoms with Crippen LogP contribution in [0.2, 0.25) is 0 Å². The zero-order valence-electron chi connectivity index (χ0n) is 37.1. The lowest BCUT2D eigenvalue weighted by molar-refractivity contribution is -0.138. The van der Waals surface area contributed by atoms with Crippen LogP contribution in [0.1, 0.15) is 67.2 Å². The van der Waals surface area contributed by atoms with Crippen molar-refractivity contribution in [1.29, 1.82) is 10.5 Å². The molecule has 6 rings (SSSR count). The lowest BCUT2D eigenvalue weighted by Crippen LogP contribution is -2.36. The average Bonchev–Trinajstić information content (AvgIpc) is 3.33. The van der Waals surface area contributed by atoms with Crippen LogP contribution in [0.25, 0.3) is 11.4 Å². The number of carbonyl (C=O) groups excluding carboxylic acids is 2. The third-order valence-electron chi connectivity index (χ3n) is 10.7. The number of benzene rings is 2. The van der Waals surface area contributed by atoms with Crippen LogP contribution in [0.15, 0.2) is 127 Å². The molecule has 15 nitrogen and oxygen atoms in total. The second kappa shape index (κ2) is 21.8. The average molecular weight is 1000 g/mol. The van der Waals surface area contributed by atoms with Crippen molar-refractivity contribution in [3.63, 3.8) is 0 Å². The molecule has 0 aliphatic heterocycles. The zero-order chi connectivity index (χ0) is 51.1. The zero-order valence-corrected chi connectivity index (χ0v) is 38.8. The van der Waals surface area contributed by atoms with Crippen molar-refractivity contribution < 1.29 is 44.3 Å². The summed E-state index contributed by atoms with van der Waals surface area (Å²) in [6.45, 7) is 3.49. The van der Waals surface area contributed by atoms with E-state index in [0.717, 1.165) is 57.7 Å². The summed E-state index contributed by atoms with van der Waals surface area (Å²) in [4.78, 5) is 64.6. The molecule has 0 fully saturated rings. The molecule has 0 saturated carbocycles. The molecule has 6 aromatic rings. The van der Waals surface area contributed by atoms with E-state index in [1.165, 1.54) is 62.6 Å². The molecule has 23 heteroatoms. The second-order valence-electron chi connectivity index (χ2n) is 15.4. The number of nitrogens with zero attached hydrogens (tertiary/aromatic N) is 7. The SMILES string of the molecule is Cc1c(S(=O)c2ccc(C#N)cn2)cc(C(=O)NCCCN(C)CCCNC(=O)c2cc(S(=O)c3ccc(C#N)cn3)c(C)n(-c3cccc(C(F)(F)F)c3)c2=O)c(=O)n1-c1cccc(C(F)(F)F)c1. The highest BCUT2D eigenvalue weighted by Crippen LogP contribution is 2.32. The van der Waals surface area contributed by atoms with Gasteiger partial charge in [-0.3, -0.25) is 28.3 Å². The standard InChI is InChI=1S/C47H39F6N9O6S2/c1-28-38(69(67)40-14-12-30(24-54)26-58-40)22-36(44(65)61(28)34-10-4-8-32(20-34)46(48,49)50)42(63)56-16-6-18-60(3)19-7-17-57-43(64)37-23-39(70(68)41-15-13-31(25-55)27-59-41)29(2)62(45(37)66)35-11-5-9-33(21-35)47(51,52)53/h4-5,8-15,20-23,26-27H,6-7,16-19H2,1-3H3,(H,56,63)(H,57,64). The fourth-order valence-electron chi connectivity index (χ4n) is 7.07. The molecule has 362 valence electrons. The fourth-order valence-corrected chi connectivity index (χ4v) is 9.37. The Balaban J connectivity index is 1.13. The molecule has 70 heavy (non-hydrogen) atoms. The van der Waals surface area contributed by atoms with E-state index in [1.807, 2.05) is 17.0 Å². The van der Waals surface area contributed by atoms with Gasteiger partial charge in [0.05, 0.1) is 32.0 Å². The van der Waals surface area contributed by atoms with Crippen LogP contribution in [0, 0.1) is 36.5 Å². The Bertz CT molecular complexity index is 3020. The number of aromatic nitrogens is 4. The second-order valence-corrected chi connectivity index (χ2v) is 18.2. The van der Waals surface area contributed by atoms with E-state index in [0.29, 0.717) is 25.9 Å². The number of hydrogen-bond acceptors (Lipinski definition) is 11. The van der Waals surface area contributed by atoms with Crippen molar-refractivity contribution in [1.82, 2.24) is 34.6 Å². The van der Waals surface area contributed by atoms with Gasteiger partial charge in [0, 0.05) is 48.2 Å². The van der Waals surface area contributed by atoms with Crippen LogP contribution < -0.4 is 21.8 Å². The maximum Gasteiger partial charge on any atom is 0.416 e. The molecular formula is C47H39F6N9O6S2. The number of rotatable bonds is 16. The van der Waals surface area contributed by atoms with Crippen molar-refractivity contribution in [2.75, 3.05) is 33.2 Å². The number of hydrogen-bond donors (Lipinski definition) is 2. The maximum atomic E-state index is 13.9. The van der Waals surface area contributed by atoms with E-state index in [9.17, 15) is 53.9 Å². The van der Waals surface area contributed by atoms with Gasteiger partial charge in [0.2, 0.25) is 0 Å². The lowest BCUT2D eigenvalue weighted by atomic mass is 10.1. The van der Waals surface area contributed by atoms with Crippen molar-refractivity contribution in [2.45, 2.75) is 58.9 Å². The predicted molar refractivity (Wildman–Crippen MR) is 242 cm³/mol. The molecule has 0 aliphatic rings. The number of nitrogens with one attached hydrogen (secondary N) is 2. The number of nitriles is 2. The van der Waals surface area contributed by atoms with Crippen LogP contribution in [-0.4, -0.2) is 77.5 Å². The van der Waals surface area contributed by atoms with Crippen LogP contribution in [0.3, 0.4) is 0 Å². The Labute approximate surface area is 400 Å². The Hall–Kier alpha value is -7.60. The topological polar surface area (TPSA) is 213 Å². The summed E-state index contributed by atoms with van der Waals surface area (Å²) < 4.78 is 112. The normalized spacial score (nSPS) is 12.5. The van der Waals surface area contributed by atoms with Gasteiger partial charge < -0.3 is 15.5 Å². The molecule has 2 atom stereocenters. The Morgan fingerprint density at radius 3 is 1.36 bits per heavy atom. The highest BCUT2D eigenvalue weighted by molar-refractivity contribution is 7.85. The summed E-state index contributed by atoms with van der Waals surface area (Å²) in [5, 5.41) is 23.5. The van der Waals surface area contributed by atoms with Crippen LogP contribution >= 0.6 is 0 Å². The summed E-state index contributed by atoms with van der Waals surface area (Å²) in [6.07, 6.45) is -6.55. The monoisotopic (exact) mass is 1000 g/mol. The van der Waals surface area contributed by atoms with Crippen molar-refractivity contribution in [2.24, 2.45) is 0 Å². The summed E-state index contributed by atoms with van der Waals surface area (Å²) in [5.41, 5.74) is -5.28. The molecule has 0 spiro atoms. The van der Waals surface area contributed by atoms with E-state index < -0.39 is 79.1 Å². The molecule has 2 amide bonds. The van der Waals surface area contributed by atoms with Crippen LogP contribution in [-0.2, 0) is 34.0 Å². The molecule has 0 radical (unpaired) electrons. The number of halogens is 6.